The van der Waals surface area contributed by atoms with E-state index in [1.165, 1.54) is 6.07 Å². The van der Waals surface area contributed by atoms with E-state index in [0.717, 1.165) is 31.4 Å². The van der Waals surface area contributed by atoms with Crippen molar-refractivity contribution in [2.75, 3.05) is 13.2 Å². The standard InChI is InChI=1S/C20H21F4O2.Sn.H/c1-3-5-6-10-26-18-12-15(21)14(11-16(18)22)13-7-8-17(25-9-4-2)20(24)19(13)23;;/h8,11-12H,3-6,9-10H2,1-2H3;;. The molecule has 0 N–H and O–H groups in total. The zero-order valence-corrected chi connectivity index (χ0v) is 18.7. The molecular weight excluding hydrogens is 467 g/mol. The van der Waals surface area contributed by atoms with Gasteiger partial charge in [-0.05, 0) is 0 Å². The van der Waals surface area contributed by atoms with Gasteiger partial charge in [0.05, 0.1) is 0 Å². The number of hydrogen-bond acceptors (Lipinski definition) is 2. The van der Waals surface area contributed by atoms with Gasteiger partial charge in [0, 0.05) is 0 Å². The molecule has 0 atom stereocenters. The summed E-state index contributed by atoms with van der Waals surface area (Å²) in [5, 5.41) is 0. The van der Waals surface area contributed by atoms with Crippen LogP contribution in [0.1, 0.15) is 39.5 Å². The third-order valence-electron chi connectivity index (χ3n) is 3.96. The van der Waals surface area contributed by atoms with E-state index in [2.05, 4.69) is 0 Å². The van der Waals surface area contributed by atoms with Gasteiger partial charge in [0.25, 0.3) is 0 Å². The zero-order chi connectivity index (χ0) is 20.0. The fourth-order valence-electron chi connectivity index (χ4n) is 2.58. The molecule has 2 radical (unpaired) electrons. The molecule has 0 heterocycles. The zero-order valence-electron chi connectivity index (χ0n) is 15.4. The summed E-state index contributed by atoms with van der Waals surface area (Å²) >= 11 is 0.379. The Kier molecular flexibility index (Phi) is 8.25. The van der Waals surface area contributed by atoms with E-state index in [-0.39, 0.29) is 35.8 Å². The normalized spacial score (nSPS) is 10.9. The molecule has 7 heteroatoms. The van der Waals surface area contributed by atoms with Crippen LogP contribution >= 0.6 is 0 Å². The van der Waals surface area contributed by atoms with Crippen molar-refractivity contribution in [1.29, 1.82) is 0 Å². The van der Waals surface area contributed by atoms with Crippen molar-refractivity contribution in [2.45, 2.75) is 39.5 Å². The van der Waals surface area contributed by atoms with Crippen molar-refractivity contribution < 1.29 is 27.0 Å². The van der Waals surface area contributed by atoms with Gasteiger partial charge in [0.15, 0.2) is 0 Å². The molecule has 0 saturated heterocycles. The van der Waals surface area contributed by atoms with Crippen LogP contribution < -0.4 is 13.1 Å². The van der Waals surface area contributed by atoms with Gasteiger partial charge in [-0.15, -0.1) is 0 Å². The van der Waals surface area contributed by atoms with Crippen LogP contribution in [0, 0.1) is 23.3 Å². The summed E-state index contributed by atoms with van der Waals surface area (Å²) in [6, 6.07) is 3.09. The Morgan fingerprint density at radius 1 is 0.778 bits per heavy atom. The first-order chi connectivity index (χ1) is 12.9. The Morgan fingerprint density at radius 2 is 1.48 bits per heavy atom. The van der Waals surface area contributed by atoms with Gasteiger partial charge in [-0.1, -0.05) is 0 Å². The minimum atomic E-state index is -1.24. The van der Waals surface area contributed by atoms with Crippen molar-refractivity contribution >= 4 is 26.1 Å². The number of unbranched alkanes of at least 4 members (excludes halogenated alkanes) is 2. The monoisotopic (exact) mass is 490 g/mol. The molecule has 0 bridgehead atoms. The summed E-state index contributed by atoms with van der Waals surface area (Å²) in [5.74, 6) is -4.55. The van der Waals surface area contributed by atoms with E-state index in [0.29, 0.717) is 32.5 Å². The van der Waals surface area contributed by atoms with Crippen LogP contribution in [0.15, 0.2) is 18.2 Å². The fourth-order valence-corrected chi connectivity index (χ4v) is 3.81. The molecule has 146 valence electrons. The van der Waals surface area contributed by atoms with Crippen LogP contribution in [0.4, 0.5) is 17.6 Å². The molecule has 27 heavy (non-hydrogen) atoms. The summed E-state index contributed by atoms with van der Waals surface area (Å²) < 4.78 is 68.5. The first-order valence-corrected chi connectivity index (χ1v) is 10.6. The van der Waals surface area contributed by atoms with E-state index in [1.54, 1.807) is 0 Å². The molecule has 0 spiro atoms. The molecule has 2 aromatic carbocycles. The van der Waals surface area contributed by atoms with Crippen LogP contribution in [0.5, 0.6) is 11.5 Å². The first-order valence-electron chi connectivity index (χ1n) is 8.93. The molecule has 0 aromatic heterocycles. The second kappa shape index (κ2) is 10.2. The first kappa shape index (κ1) is 21.9. The quantitative estimate of drug-likeness (QED) is 0.287. The second-order valence-electron chi connectivity index (χ2n) is 6.13. The Balaban J connectivity index is 2.38. The Hall–Kier alpha value is -1.44. The number of halogens is 4. The van der Waals surface area contributed by atoms with Crippen LogP contribution in [0.3, 0.4) is 0 Å². The van der Waals surface area contributed by atoms with Crippen LogP contribution in [-0.2, 0) is 0 Å². The van der Waals surface area contributed by atoms with Gasteiger partial charge >= 0.3 is 170 Å². The summed E-state index contributed by atoms with van der Waals surface area (Å²) in [7, 11) is 0. The molecule has 0 aliphatic carbocycles. The van der Waals surface area contributed by atoms with Crippen molar-refractivity contribution in [1.82, 2.24) is 0 Å². The summed E-state index contributed by atoms with van der Waals surface area (Å²) in [6.07, 6.45) is 3.26. The molecule has 0 fully saturated rings. The topological polar surface area (TPSA) is 18.5 Å². The fraction of sp³-hybridized carbons (Fsp3) is 0.400. The minimum absolute atomic E-state index is 0.211. The van der Waals surface area contributed by atoms with E-state index in [4.69, 9.17) is 9.47 Å². The number of ether oxygens (including phenoxy) is 2. The summed E-state index contributed by atoms with van der Waals surface area (Å²) in [6.45, 7) is 4.37. The van der Waals surface area contributed by atoms with E-state index in [1.807, 2.05) is 13.8 Å². The second-order valence-corrected chi connectivity index (χ2v) is 7.91. The molecule has 0 aliphatic heterocycles. The van der Waals surface area contributed by atoms with E-state index in [9.17, 15) is 17.6 Å². The van der Waals surface area contributed by atoms with E-state index >= 15 is 0 Å². The van der Waals surface area contributed by atoms with Crippen molar-refractivity contribution in [3.63, 3.8) is 0 Å². The van der Waals surface area contributed by atoms with Crippen molar-refractivity contribution in [2.24, 2.45) is 0 Å². The van der Waals surface area contributed by atoms with Gasteiger partial charge < -0.3 is 0 Å². The van der Waals surface area contributed by atoms with Gasteiger partial charge in [0.1, 0.15) is 0 Å². The average molecular weight is 489 g/mol. The number of rotatable bonds is 9. The molecule has 0 unspecified atom stereocenters. The molecule has 0 aliphatic rings. The third kappa shape index (κ3) is 5.30. The van der Waals surface area contributed by atoms with Gasteiger partial charge in [0.2, 0.25) is 0 Å². The van der Waals surface area contributed by atoms with Crippen LogP contribution in [0.25, 0.3) is 11.1 Å². The Morgan fingerprint density at radius 3 is 2.15 bits per heavy atom. The SMILES string of the molecule is CCCCCOc1cc(F)c(-c2[c]([SnH])cc(OCCC)c(F)c2F)cc1F. The van der Waals surface area contributed by atoms with E-state index < -0.39 is 23.3 Å². The van der Waals surface area contributed by atoms with Gasteiger partial charge in [-0.3, -0.25) is 0 Å². The van der Waals surface area contributed by atoms with Crippen molar-refractivity contribution in [3.05, 3.63) is 41.5 Å². The maximum absolute atomic E-state index is 14.6. The number of hydrogen-bond donors (Lipinski definition) is 0. The van der Waals surface area contributed by atoms with Crippen LogP contribution in [0.2, 0.25) is 0 Å². The third-order valence-corrected chi connectivity index (χ3v) is 5.26. The van der Waals surface area contributed by atoms with Gasteiger partial charge in [-0.25, -0.2) is 0 Å². The number of benzene rings is 2. The van der Waals surface area contributed by atoms with Crippen LogP contribution in [-0.4, -0.2) is 35.7 Å². The Bertz CT molecular complexity index is 796. The Labute approximate surface area is 170 Å². The molecule has 2 aromatic rings. The average Bonchev–Trinajstić information content (AvgIpc) is 2.64. The molecule has 2 nitrogen and oxygen atoms in total. The molecule has 0 amide bonds. The summed E-state index contributed by atoms with van der Waals surface area (Å²) in [4.78, 5) is 0. The summed E-state index contributed by atoms with van der Waals surface area (Å²) in [5.41, 5.74) is -0.595. The van der Waals surface area contributed by atoms with Crippen molar-refractivity contribution in [3.8, 4) is 22.6 Å². The predicted molar refractivity (Wildman–Crippen MR) is 99.3 cm³/mol. The molecule has 2 rings (SSSR count). The maximum atomic E-state index is 14.6. The predicted octanol–water partition coefficient (Wildman–Crippen LogP) is 4.79. The molecular formula is C20H22F4O2Sn. The molecule has 0 saturated carbocycles. The van der Waals surface area contributed by atoms with Gasteiger partial charge in [-0.2, -0.15) is 0 Å².